The molecule has 0 bridgehead atoms. The number of aryl methyl sites for hydroxylation is 1. The maximum Gasteiger partial charge on any atom is 0.259 e. The number of carbonyl (C=O) groups is 1. The number of fused-ring (bicyclic) bond motifs is 1. The maximum absolute atomic E-state index is 12.4. The van der Waals surface area contributed by atoms with Gasteiger partial charge in [0.2, 0.25) is 5.13 Å². The Morgan fingerprint density at radius 2 is 2.25 bits per heavy atom. The van der Waals surface area contributed by atoms with Crippen LogP contribution in [0.4, 0.5) is 5.13 Å². The molecule has 0 radical (unpaired) electrons. The van der Waals surface area contributed by atoms with Gasteiger partial charge in [-0.15, -0.1) is 21.5 Å². The van der Waals surface area contributed by atoms with E-state index in [1.807, 2.05) is 0 Å². The van der Waals surface area contributed by atoms with Crippen LogP contribution in [0, 0.1) is 6.92 Å². The number of rotatable bonds is 7. The van der Waals surface area contributed by atoms with E-state index in [2.05, 4.69) is 25.5 Å². The molecular formula is C17H19N5O3S3. The molecule has 1 atom stereocenters. The van der Waals surface area contributed by atoms with Crippen LogP contribution in [0.3, 0.4) is 0 Å². The summed E-state index contributed by atoms with van der Waals surface area (Å²) in [6, 6.07) is 0. The van der Waals surface area contributed by atoms with Gasteiger partial charge < -0.3 is 15.0 Å². The Labute approximate surface area is 173 Å². The SMILES string of the molecule is CC(=O)c1sc2nc(CSc3nnc(NC[C@@H]4CCCO4)s3)[nH]c(=O)c2c1C. The Bertz CT molecular complexity index is 1070. The van der Waals surface area contributed by atoms with Crippen molar-refractivity contribution in [2.24, 2.45) is 0 Å². The van der Waals surface area contributed by atoms with Crippen LogP contribution in [0.15, 0.2) is 9.13 Å². The third-order valence-corrected chi connectivity index (χ3v) is 7.73. The van der Waals surface area contributed by atoms with Gasteiger partial charge in [-0.05, 0) is 32.3 Å². The number of hydrogen-bond donors (Lipinski definition) is 2. The van der Waals surface area contributed by atoms with Gasteiger partial charge in [0.15, 0.2) is 10.1 Å². The fourth-order valence-electron chi connectivity index (χ4n) is 3.07. The topological polar surface area (TPSA) is 110 Å². The van der Waals surface area contributed by atoms with Crippen LogP contribution < -0.4 is 10.9 Å². The van der Waals surface area contributed by atoms with Crippen molar-refractivity contribution in [1.82, 2.24) is 20.2 Å². The molecule has 0 saturated carbocycles. The summed E-state index contributed by atoms with van der Waals surface area (Å²) in [6.07, 6.45) is 2.43. The van der Waals surface area contributed by atoms with E-state index in [-0.39, 0.29) is 17.4 Å². The van der Waals surface area contributed by atoms with Gasteiger partial charge in [0.05, 0.1) is 22.1 Å². The Morgan fingerprint density at radius 3 is 3.00 bits per heavy atom. The molecule has 8 nitrogen and oxygen atoms in total. The first-order valence-corrected chi connectivity index (χ1v) is 11.5. The van der Waals surface area contributed by atoms with E-state index in [1.165, 1.54) is 41.4 Å². The van der Waals surface area contributed by atoms with E-state index in [1.54, 1.807) is 6.92 Å². The highest BCUT2D eigenvalue weighted by Crippen LogP contribution is 2.30. The number of H-pyrrole nitrogens is 1. The molecule has 0 aromatic carbocycles. The normalized spacial score (nSPS) is 16.7. The van der Waals surface area contributed by atoms with Crippen LogP contribution in [0.2, 0.25) is 0 Å². The lowest BCUT2D eigenvalue weighted by atomic mass is 10.2. The summed E-state index contributed by atoms with van der Waals surface area (Å²) in [7, 11) is 0. The summed E-state index contributed by atoms with van der Waals surface area (Å²) < 4.78 is 6.38. The molecule has 1 aliphatic rings. The van der Waals surface area contributed by atoms with Gasteiger partial charge in [-0.3, -0.25) is 9.59 Å². The first-order valence-electron chi connectivity index (χ1n) is 8.86. The number of ketones is 1. The summed E-state index contributed by atoms with van der Waals surface area (Å²) in [6.45, 7) is 4.85. The van der Waals surface area contributed by atoms with Gasteiger partial charge in [0, 0.05) is 13.2 Å². The van der Waals surface area contributed by atoms with Gasteiger partial charge in [0.1, 0.15) is 10.7 Å². The number of hydrogen-bond acceptors (Lipinski definition) is 10. The second-order valence-electron chi connectivity index (χ2n) is 6.48. The monoisotopic (exact) mass is 437 g/mol. The summed E-state index contributed by atoms with van der Waals surface area (Å²) in [5.74, 6) is 0.980. The smallest absolute Gasteiger partial charge is 0.259 e. The summed E-state index contributed by atoms with van der Waals surface area (Å²) in [5.41, 5.74) is 0.490. The molecule has 0 amide bonds. The number of Topliss-reactive ketones (excluding diaryl/α,β-unsaturated/α-hetero) is 1. The van der Waals surface area contributed by atoms with E-state index < -0.39 is 0 Å². The molecule has 3 aromatic heterocycles. The molecule has 4 heterocycles. The quantitative estimate of drug-likeness (QED) is 0.428. The molecule has 3 aromatic rings. The van der Waals surface area contributed by atoms with E-state index in [0.29, 0.717) is 32.2 Å². The summed E-state index contributed by atoms with van der Waals surface area (Å²) in [5, 5.41) is 12.8. The van der Waals surface area contributed by atoms with Crippen molar-refractivity contribution in [3.63, 3.8) is 0 Å². The largest absolute Gasteiger partial charge is 0.376 e. The van der Waals surface area contributed by atoms with Crippen molar-refractivity contribution in [2.45, 2.75) is 42.9 Å². The first-order chi connectivity index (χ1) is 13.5. The summed E-state index contributed by atoms with van der Waals surface area (Å²) >= 11 is 4.20. The van der Waals surface area contributed by atoms with Crippen molar-refractivity contribution in [3.8, 4) is 0 Å². The Hall–Kier alpha value is -1.82. The highest BCUT2D eigenvalue weighted by Gasteiger charge is 2.18. The Morgan fingerprint density at radius 1 is 1.39 bits per heavy atom. The van der Waals surface area contributed by atoms with E-state index in [4.69, 9.17) is 4.74 Å². The van der Waals surface area contributed by atoms with Gasteiger partial charge in [0.25, 0.3) is 5.56 Å². The zero-order valence-electron chi connectivity index (χ0n) is 15.4. The van der Waals surface area contributed by atoms with Crippen LogP contribution in [-0.4, -0.2) is 45.2 Å². The third kappa shape index (κ3) is 4.12. The van der Waals surface area contributed by atoms with E-state index in [0.717, 1.165) is 35.5 Å². The van der Waals surface area contributed by atoms with Crippen LogP contribution in [0.5, 0.6) is 0 Å². The molecule has 148 valence electrons. The molecule has 4 rings (SSSR count). The number of anilines is 1. The molecule has 11 heteroatoms. The van der Waals surface area contributed by atoms with Gasteiger partial charge in [-0.2, -0.15) is 0 Å². The predicted molar refractivity (Wildman–Crippen MR) is 112 cm³/mol. The Kier molecular flexibility index (Phi) is 5.76. The number of aromatic amines is 1. The number of nitrogens with one attached hydrogen (secondary N) is 2. The second kappa shape index (κ2) is 8.27. The highest BCUT2D eigenvalue weighted by molar-refractivity contribution is 8.00. The van der Waals surface area contributed by atoms with Gasteiger partial charge in [-0.25, -0.2) is 4.98 Å². The van der Waals surface area contributed by atoms with E-state index >= 15 is 0 Å². The average Bonchev–Trinajstić information content (AvgIpc) is 3.38. The summed E-state index contributed by atoms with van der Waals surface area (Å²) in [4.78, 5) is 32.7. The fourth-order valence-corrected chi connectivity index (χ4v) is 5.79. The fraction of sp³-hybridized carbons (Fsp3) is 0.471. The molecule has 0 spiro atoms. The van der Waals surface area contributed by atoms with E-state index in [9.17, 15) is 9.59 Å². The highest BCUT2D eigenvalue weighted by atomic mass is 32.2. The molecular weight excluding hydrogens is 418 g/mol. The van der Waals surface area contributed by atoms with Crippen LogP contribution >= 0.6 is 34.4 Å². The lowest BCUT2D eigenvalue weighted by molar-refractivity contribution is 0.102. The number of thiophene rings is 1. The molecule has 28 heavy (non-hydrogen) atoms. The van der Waals surface area contributed by atoms with Crippen LogP contribution in [-0.2, 0) is 10.5 Å². The molecule has 0 aliphatic carbocycles. The predicted octanol–water partition coefficient (Wildman–Crippen LogP) is 3.23. The van der Waals surface area contributed by atoms with Crippen molar-refractivity contribution < 1.29 is 9.53 Å². The lowest BCUT2D eigenvalue weighted by Crippen LogP contribution is -2.18. The van der Waals surface area contributed by atoms with Crippen molar-refractivity contribution in [3.05, 3.63) is 26.6 Å². The molecule has 1 aliphatic heterocycles. The number of carbonyl (C=O) groups excluding carboxylic acids is 1. The zero-order chi connectivity index (χ0) is 19.7. The zero-order valence-corrected chi connectivity index (χ0v) is 17.9. The number of thioether (sulfide) groups is 1. The minimum atomic E-state index is -0.210. The van der Waals surface area contributed by atoms with Gasteiger partial charge >= 0.3 is 0 Å². The van der Waals surface area contributed by atoms with Crippen LogP contribution in [0.1, 0.15) is 40.8 Å². The van der Waals surface area contributed by atoms with Crippen molar-refractivity contribution in [2.75, 3.05) is 18.5 Å². The first kappa shape index (κ1) is 19.5. The third-order valence-electron chi connectivity index (χ3n) is 4.41. The number of nitrogens with zero attached hydrogens (tertiary/aromatic N) is 3. The molecule has 0 unspecified atom stereocenters. The van der Waals surface area contributed by atoms with Crippen molar-refractivity contribution in [1.29, 1.82) is 0 Å². The maximum atomic E-state index is 12.4. The number of aromatic nitrogens is 4. The average molecular weight is 438 g/mol. The second-order valence-corrected chi connectivity index (χ2v) is 9.68. The van der Waals surface area contributed by atoms with Crippen molar-refractivity contribution >= 4 is 55.6 Å². The minimum Gasteiger partial charge on any atom is -0.376 e. The Balaban J connectivity index is 1.42. The molecule has 2 N–H and O–H groups in total. The number of ether oxygens (including phenoxy) is 1. The molecule has 1 fully saturated rings. The standard InChI is InChI=1S/C17H19N5O3S3/c1-8-12-14(24)19-11(20-15(12)27-13(8)9(2)23)7-26-17-22-21-16(28-17)18-6-10-4-3-5-25-10/h10H,3-7H2,1-2H3,(H,18,21)(H,19,20,24)/t10-/m0/s1. The lowest BCUT2D eigenvalue weighted by Gasteiger charge is -2.08. The van der Waals surface area contributed by atoms with Crippen LogP contribution in [0.25, 0.3) is 10.2 Å². The molecule has 1 saturated heterocycles. The van der Waals surface area contributed by atoms with Gasteiger partial charge in [-0.1, -0.05) is 23.1 Å². The minimum absolute atomic E-state index is 0.0484.